The van der Waals surface area contributed by atoms with Crippen LogP contribution in [-0.4, -0.2) is 35.0 Å². The smallest absolute Gasteiger partial charge is 0.327 e. The summed E-state index contributed by atoms with van der Waals surface area (Å²) in [6.45, 7) is 1.34. The predicted molar refractivity (Wildman–Crippen MR) is 121 cm³/mol. The first-order chi connectivity index (χ1) is 15.5. The van der Waals surface area contributed by atoms with Gasteiger partial charge in [0.15, 0.2) is 0 Å². The third kappa shape index (κ3) is 4.25. The fraction of sp³-hybridized carbons (Fsp3) is 0.192. The van der Waals surface area contributed by atoms with Crippen LogP contribution in [0.1, 0.15) is 29.5 Å². The zero-order valence-corrected chi connectivity index (χ0v) is 17.6. The molecule has 162 valence electrons. The minimum Gasteiger partial charge on any atom is -0.480 e. The third-order valence-electron chi connectivity index (χ3n) is 5.76. The first-order valence-electron chi connectivity index (χ1n) is 10.5. The molecule has 0 radical (unpaired) electrons. The maximum Gasteiger partial charge on any atom is 0.327 e. The van der Waals surface area contributed by atoms with Gasteiger partial charge >= 0.3 is 5.97 Å². The maximum atomic E-state index is 13.2. The Balaban J connectivity index is 1.65. The molecule has 6 nitrogen and oxygen atoms in total. The highest BCUT2D eigenvalue weighted by Gasteiger charge is 2.39. The van der Waals surface area contributed by atoms with Gasteiger partial charge in [-0.05, 0) is 27.8 Å². The van der Waals surface area contributed by atoms with Crippen LogP contribution in [0.2, 0.25) is 0 Å². The van der Waals surface area contributed by atoms with E-state index in [-0.39, 0.29) is 12.3 Å². The highest BCUT2D eigenvalue weighted by Crippen LogP contribution is 2.46. The number of hydrogen-bond donors (Lipinski definition) is 3. The van der Waals surface area contributed by atoms with E-state index >= 15 is 0 Å². The molecule has 4 rings (SSSR count). The van der Waals surface area contributed by atoms with Crippen LogP contribution in [-0.2, 0) is 20.8 Å². The summed E-state index contributed by atoms with van der Waals surface area (Å²) in [4.78, 5) is 37.3. The van der Waals surface area contributed by atoms with Crippen molar-refractivity contribution in [2.75, 3.05) is 0 Å². The summed E-state index contributed by atoms with van der Waals surface area (Å²) < 4.78 is 0. The summed E-state index contributed by atoms with van der Waals surface area (Å²) in [5, 5.41) is 15.5. The van der Waals surface area contributed by atoms with Crippen molar-refractivity contribution in [3.05, 3.63) is 95.6 Å². The Morgan fingerprint density at radius 1 is 0.812 bits per heavy atom. The number of hydrogen-bond acceptors (Lipinski definition) is 3. The summed E-state index contributed by atoms with van der Waals surface area (Å²) in [6.07, 6.45) is 0.260. The van der Waals surface area contributed by atoms with Crippen LogP contribution in [0.25, 0.3) is 11.1 Å². The number of aliphatic carboxylic acids is 1. The first kappa shape index (κ1) is 21.3. The zero-order chi connectivity index (χ0) is 22.7. The largest absolute Gasteiger partial charge is 0.480 e. The number of amides is 2. The number of carboxylic acid groups (broad SMARTS) is 1. The lowest BCUT2D eigenvalue weighted by Crippen LogP contribution is -2.53. The second-order valence-electron chi connectivity index (χ2n) is 7.92. The van der Waals surface area contributed by atoms with Gasteiger partial charge in [0, 0.05) is 19.3 Å². The number of carbonyl (C=O) groups is 3. The Morgan fingerprint density at radius 3 is 1.88 bits per heavy atom. The molecular formula is C26H24N2O4. The van der Waals surface area contributed by atoms with Gasteiger partial charge in [-0.1, -0.05) is 78.9 Å². The van der Waals surface area contributed by atoms with E-state index in [4.69, 9.17) is 0 Å². The number of rotatable bonds is 7. The molecular weight excluding hydrogens is 404 g/mol. The second-order valence-corrected chi connectivity index (χ2v) is 7.92. The van der Waals surface area contributed by atoms with Crippen molar-refractivity contribution in [3.8, 4) is 11.1 Å². The second kappa shape index (κ2) is 9.06. The van der Waals surface area contributed by atoms with Gasteiger partial charge in [-0.2, -0.15) is 0 Å². The lowest BCUT2D eigenvalue weighted by molar-refractivity contribution is -0.142. The molecule has 1 aliphatic carbocycles. The van der Waals surface area contributed by atoms with E-state index in [1.165, 1.54) is 6.92 Å². The van der Waals surface area contributed by atoms with Crippen LogP contribution >= 0.6 is 0 Å². The summed E-state index contributed by atoms with van der Waals surface area (Å²) in [5.41, 5.74) is 4.53. The minimum absolute atomic E-state index is 0.260. The Kier molecular flexibility index (Phi) is 6.03. The fourth-order valence-corrected chi connectivity index (χ4v) is 4.40. The number of fused-ring (bicyclic) bond motifs is 3. The quantitative estimate of drug-likeness (QED) is 0.539. The summed E-state index contributed by atoms with van der Waals surface area (Å²) in [7, 11) is 0. The molecule has 0 aromatic heterocycles. The van der Waals surface area contributed by atoms with E-state index in [1.807, 2.05) is 78.9 Å². The van der Waals surface area contributed by atoms with Crippen molar-refractivity contribution in [1.82, 2.24) is 10.6 Å². The van der Waals surface area contributed by atoms with Crippen molar-refractivity contribution in [2.45, 2.75) is 31.3 Å². The molecule has 2 atom stereocenters. The molecule has 3 N–H and O–H groups in total. The Morgan fingerprint density at radius 2 is 1.34 bits per heavy atom. The Hall–Kier alpha value is -3.93. The van der Waals surface area contributed by atoms with E-state index in [9.17, 15) is 19.5 Å². The predicted octanol–water partition coefficient (Wildman–Crippen LogP) is 3.12. The van der Waals surface area contributed by atoms with Crippen molar-refractivity contribution in [3.63, 3.8) is 0 Å². The van der Waals surface area contributed by atoms with Crippen LogP contribution in [0, 0.1) is 0 Å². The van der Waals surface area contributed by atoms with E-state index in [1.54, 1.807) is 0 Å². The highest BCUT2D eigenvalue weighted by molar-refractivity contribution is 5.92. The molecule has 1 aliphatic rings. The summed E-state index contributed by atoms with van der Waals surface area (Å²) >= 11 is 0. The lowest BCUT2D eigenvalue weighted by Gasteiger charge is -2.26. The van der Waals surface area contributed by atoms with Gasteiger partial charge in [0.2, 0.25) is 11.8 Å². The van der Waals surface area contributed by atoms with Crippen LogP contribution in [0.5, 0.6) is 0 Å². The number of carbonyl (C=O) groups excluding carboxylic acids is 2. The van der Waals surface area contributed by atoms with E-state index in [0.29, 0.717) is 0 Å². The Labute approximate surface area is 186 Å². The number of benzene rings is 3. The average Bonchev–Trinajstić information content (AvgIpc) is 3.11. The molecule has 0 aliphatic heterocycles. The van der Waals surface area contributed by atoms with Gasteiger partial charge in [-0.25, -0.2) is 4.79 Å². The van der Waals surface area contributed by atoms with Crippen molar-refractivity contribution < 1.29 is 19.5 Å². The van der Waals surface area contributed by atoms with Gasteiger partial charge in [-0.3, -0.25) is 9.59 Å². The molecule has 3 aromatic rings. The molecule has 0 bridgehead atoms. The molecule has 0 saturated heterocycles. The molecule has 0 fully saturated rings. The zero-order valence-electron chi connectivity index (χ0n) is 17.6. The molecule has 0 unspecified atom stereocenters. The van der Waals surface area contributed by atoms with Crippen molar-refractivity contribution >= 4 is 17.8 Å². The molecule has 6 heteroatoms. The van der Waals surface area contributed by atoms with Gasteiger partial charge in [0.1, 0.15) is 12.1 Å². The number of nitrogens with one attached hydrogen (secondary N) is 2. The van der Waals surface area contributed by atoms with Crippen LogP contribution in [0.15, 0.2) is 78.9 Å². The summed E-state index contributed by atoms with van der Waals surface area (Å²) in [6, 6.07) is 22.5. The van der Waals surface area contributed by atoms with E-state index in [2.05, 4.69) is 10.6 Å². The average molecular weight is 428 g/mol. The standard InChI is InChI=1S/C26H24N2O4/c1-16(29)27-22(15-17-9-3-2-4-10-17)25(30)28-24(26(31)32)23-20-13-7-5-11-18(20)19-12-6-8-14-21(19)23/h2-14,22-24H,15H2,1H3,(H,27,29)(H,28,30)(H,31,32)/t22-,24+/m1/s1. The SMILES string of the molecule is CC(=O)N[C@H](Cc1ccccc1)C(=O)N[C@H](C(=O)O)C1c2ccccc2-c2ccccc21. The van der Waals surface area contributed by atoms with Crippen LogP contribution in [0.4, 0.5) is 0 Å². The monoisotopic (exact) mass is 428 g/mol. The molecule has 0 spiro atoms. The molecule has 0 saturated carbocycles. The minimum atomic E-state index is -1.18. The van der Waals surface area contributed by atoms with E-state index in [0.717, 1.165) is 27.8 Å². The van der Waals surface area contributed by atoms with Gasteiger partial charge in [0.25, 0.3) is 0 Å². The highest BCUT2D eigenvalue weighted by atomic mass is 16.4. The van der Waals surface area contributed by atoms with Gasteiger partial charge < -0.3 is 15.7 Å². The van der Waals surface area contributed by atoms with Gasteiger partial charge in [0.05, 0.1) is 0 Å². The number of carboxylic acids is 1. The maximum absolute atomic E-state index is 13.2. The van der Waals surface area contributed by atoms with Crippen LogP contribution in [0.3, 0.4) is 0 Å². The third-order valence-corrected chi connectivity index (χ3v) is 5.76. The van der Waals surface area contributed by atoms with Crippen molar-refractivity contribution in [2.24, 2.45) is 0 Å². The fourth-order valence-electron chi connectivity index (χ4n) is 4.40. The topological polar surface area (TPSA) is 95.5 Å². The molecule has 2 amide bonds. The first-order valence-corrected chi connectivity index (χ1v) is 10.5. The van der Waals surface area contributed by atoms with Crippen molar-refractivity contribution in [1.29, 1.82) is 0 Å². The van der Waals surface area contributed by atoms with Crippen LogP contribution < -0.4 is 10.6 Å². The normalized spacial score (nSPS) is 14.0. The molecule has 32 heavy (non-hydrogen) atoms. The van der Waals surface area contributed by atoms with Gasteiger partial charge in [-0.15, -0.1) is 0 Å². The Bertz CT molecular complexity index is 1110. The van der Waals surface area contributed by atoms with E-state index < -0.39 is 29.9 Å². The lowest BCUT2D eigenvalue weighted by atomic mass is 9.89. The molecule has 3 aromatic carbocycles. The summed E-state index contributed by atoms with van der Waals surface area (Å²) in [5.74, 6) is -2.54. The molecule has 0 heterocycles.